The molecule has 1 aliphatic heterocycles. The topological polar surface area (TPSA) is 38.7 Å². The van der Waals surface area contributed by atoms with E-state index in [1.807, 2.05) is 13.8 Å². The van der Waals surface area contributed by atoms with Gasteiger partial charge in [-0.05, 0) is 32.1 Å². The summed E-state index contributed by atoms with van der Waals surface area (Å²) in [5.74, 6) is 1.48. The van der Waals surface area contributed by atoms with E-state index in [9.17, 15) is 5.11 Å². The Balaban J connectivity index is 2.51. The van der Waals surface area contributed by atoms with Crippen molar-refractivity contribution < 1.29 is 14.6 Å². The van der Waals surface area contributed by atoms with Crippen molar-refractivity contribution in [2.24, 2.45) is 23.7 Å². The van der Waals surface area contributed by atoms with Gasteiger partial charge in [0.1, 0.15) is 0 Å². The van der Waals surface area contributed by atoms with E-state index in [0.717, 1.165) is 6.42 Å². The van der Waals surface area contributed by atoms with E-state index >= 15 is 0 Å². The molecule has 118 valence electrons. The first kappa shape index (κ1) is 17.7. The molecule has 7 atom stereocenters. The van der Waals surface area contributed by atoms with E-state index in [0.29, 0.717) is 17.8 Å². The molecule has 0 radical (unpaired) electrons. The van der Waals surface area contributed by atoms with E-state index < -0.39 is 0 Å². The summed E-state index contributed by atoms with van der Waals surface area (Å²) in [4.78, 5) is 0. The molecular formula is C17H32O3. The average Bonchev–Trinajstić information content (AvgIpc) is 2.66. The summed E-state index contributed by atoms with van der Waals surface area (Å²) < 4.78 is 12.1. The second-order valence-corrected chi connectivity index (χ2v) is 6.53. The van der Waals surface area contributed by atoms with Crippen LogP contribution < -0.4 is 0 Å². The van der Waals surface area contributed by atoms with Crippen molar-refractivity contribution in [3.05, 3.63) is 12.2 Å². The second-order valence-electron chi connectivity index (χ2n) is 6.53. The van der Waals surface area contributed by atoms with Gasteiger partial charge in [0.05, 0.1) is 12.2 Å². The van der Waals surface area contributed by atoms with Crippen LogP contribution in [0.15, 0.2) is 12.2 Å². The van der Waals surface area contributed by atoms with Crippen LogP contribution >= 0.6 is 0 Å². The largest absolute Gasteiger partial charge is 0.396 e. The maximum Gasteiger partial charge on any atom is 0.161 e. The SMILES string of the molecule is C/C=C/C(C)CC(C)OC1OC(C(C)CO)C(C)C1C. The highest BCUT2D eigenvalue weighted by Crippen LogP contribution is 2.37. The Kier molecular flexibility index (Phi) is 7.21. The van der Waals surface area contributed by atoms with Gasteiger partial charge < -0.3 is 14.6 Å². The van der Waals surface area contributed by atoms with Crippen LogP contribution in [0.1, 0.15) is 48.0 Å². The third-order valence-corrected chi connectivity index (χ3v) is 4.51. The molecule has 1 saturated heterocycles. The van der Waals surface area contributed by atoms with Crippen LogP contribution in [0.25, 0.3) is 0 Å². The number of ether oxygens (including phenoxy) is 2. The number of hydrogen-bond donors (Lipinski definition) is 1. The van der Waals surface area contributed by atoms with Gasteiger partial charge in [0.25, 0.3) is 0 Å². The number of hydrogen-bond acceptors (Lipinski definition) is 3. The normalized spacial score (nSPS) is 35.4. The third kappa shape index (κ3) is 4.57. The zero-order valence-corrected chi connectivity index (χ0v) is 13.9. The third-order valence-electron chi connectivity index (χ3n) is 4.51. The first-order valence-electron chi connectivity index (χ1n) is 7.95. The summed E-state index contributed by atoms with van der Waals surface area (Å²) >= 11 is 0. The monoisotopic (exact) mass is 284 g/mol. The Labute approximate surface area is 124 Å². The zero-order chi connectivity index (χ0) is 15.3. The van der Waals surface area contributed by atoms with Crippen LogP contribution in [0.5, 0.6) is 0 Å². The van der Waals surface area contributed by atoms with Gasteiger partial charge in [-0.2, -0.15) is 0 Å². The molecule has 3 heteroatoms. The summed E-state index contributed by atoms with van der Waals surface area (Å²) in [6.45, 7) is 12.9. The van der Waals surface area contributed by atoms with Gasteiger partial charge in [0.2, 0.25) is 0 Å². The molecule has 1 heterocycles. The number of aliphatic hydroxyl groups is 1. The van der Waals surface area contributed by atoms with E-state index in [1.165, 1.54) is 0 Å². The van der Waals surface area contributed by atoms with Crippen molar-refractivity contribution in [3.63, 3.8) is 0 Å². The minimum absolute atomic E-state index is 0.0974. The van der Waals surface area contributed by atoms with Gasteiger partial charge >= 0.3 is 0 Å². The Bertz CT molecular complexity index is 303. The lowest BCUT2D eigenvalue weighted by Gasteiger charge is -2.23. The van der Waals surface area contributed by atoms with Crippen LogP contribution in [-0.4, -0.2) is 30.2 Å². The Hall–Kier alpha value is -0.380. The molecule has 0 aromatic rings. The van der Waals surface area contributed by atoms with Crippen molar-refractivity contribution in [3.8, 4) is 0 Å². The summed E-state index contributed by atoms with van der Waals surface area (Å²) in [5, 5.41) is 9.32. The lowest BCUT2D eigenvalue weighted by atomic mass is 9.87. The van der Waals surface area contributed by atoms with Crippen LogP contribution in [0.3, 0.4) is 0 Å². The molecule has 1 fully saturated rings. The lowest BCUT2D eigenvalue weighted by Crippen LogP contribution is -2.27. The molecule has 0 bridgehead atoms. The Morgan fingerprint density at radius 1 is 1.20 bits per heavy atom. The fourth-order valence-corrected chi connectivity index (χ4v) is 3.08. The molecule has 0 amide bonds. The predicted molar refractivity (Wildman–Crippen MR) is 82.4 cm³/mol. The maximum atomic E-state index is 9.32. The maximum absolute atomic E-state index is 9.32. The molecule has 1 rings (SSSR count). The predicted octanol–water partition coefficient (Wildman–Crippen LogP) is 3.62. The lowest BCUT2D eigenvalue weighted by molar-refractivity contribution is -0.181. The van der Waals surface area contributed by atoms with Crippen molar-refractivity contribution in [1.29, 1.82) is 0 Å². The first-order valence-corrected chi connectivity index (χ1v) is 7.95. The summed E-state index contributed by atoms with van der Waals surface area (Å²) in [6, 6.07) is 0. The van der Waals surface area contributed by atoms with Gasteiger partial charge in [-0.1, -0.05) is 39.8 Å². The molecule has 0 aromatic carbocycles. The highest BCUT2D eigenvalue weighted by Gasteiger charge is 2.42. The summed E-state index contributed by atoms with van der Waals surface area (Å²) in [7, 11) is 0. The van der Waals surface area contributed by atoms with Gasteiger partial charge in [0, 0.05) is 18.4 Å². The average molecular weight is 284 g/mol. The highest BCUT2D eigenvalue weighted by molar-refractivity contribution is 4.86. The van der Waals surface area contributed by atoms with Gasteiger partial charge in [0.15, 0.2) is 6.29 Å². The first-order chi connectivity index (χ1) is 9.40. The molecule has 0 saturated carbocycles. The van der Waals surface area contributed by atoms with Crippen molar-refractivity contribution in [2.75, 3.05) is 6.61 Å². The van der Waals surface area contributed by atoms with E-state index in [1.54, 1.807) is 0 Å². The molecule has 0 aliphatic carbocycles. The Morgan fingerprint density at radius 2 is 1.85 bits per heavy atom. The molecule has 0 aromatic heterocycles. The Morgan fingerprint density at radius 3 is 2.40 bits per heavy atom. The minimum atomic E-state index is -0.142. The van der Waals surface area contributed by atoms with Crippen LogP contribution in [0.4, 0.5) is 0 Å². The van der Waals surface area contributed by atoms with Crippen molar-refractivity contribution in [1.82, 2.24) is 0 Å². The van der Waals surface area contributed by atoms with E-state index in [-0.39, 0.29) is 31.0 Å². The highest BCUT2D eigenvalue weighted by atomic mass is 16.7. The number of aliphatic hydroxyl groups excluding tert-OH is 1. The number of rotatable bonds is 7. The van der Waals surface area contributed by atoms with Crippen LogP contribution in [0.2, 0.25) is 0 Å². The molecule has 20 heavy (non-hydrogen) atoms. The summed E-state index contributed by atoms with van der Waals surface area (Å²) in [5.41, 5.74) is 0. The van der Waals surface area contributed by atoms with Gasteiger partial charge in [-0.15, -0.1) is 0 Å². The van der Waals surface area contributed by atoms with Gasteiger partial charge in [-0.25, -0.2) is 0 Å². The minimum Gasteiger partial charge on any atom is -0.396 e. The molecule has 3 nitrogen and oxygen atoms in total. The quantitative estimate of drug-likeness (QED) is 0.726. The van der Waals surface area contributed by atoms with Crippen molar-refractivity contribution >= 4 is 0 Å². The standard InChI is InChI=1S/C17H32O3/c1-7-8-11(2)9-13(4)19-17-15(6)14(5)16(20-17)12(3)10-18/h7-8,11-18H,9-10H2,1-6H3/b8-7+. The molecule has 1 aliphatic rings. The second kappa shape index (κ2) is 8.16. The summed E-state index contributed by atoms with van der Waals surface area (Å²) in [6.07, 6.45) is 5.44. The van der Waals surface area contributed by atoms with E-state index in [2.05, 4.69) is 39.8 Å². The fraction of sp³-hybridized carbons (Fsp3) is 0.882. The van der Waals surface area contributed by atoms with Crippen LogP contribution in [-0.2, 0) is 9.47 Å². The molecule has 0 spiro atoms. The van der Waals surface area contributed by atoms with E-state index in [4.69, 9.17) is 9.47 Å². The smallest absolute Gasteiger partial charge is 0.161 e. The molecular weight excluding hydrogens is 252 g/mol. The zero-order valence-electron chi connectivity index (χ0n) is 13.9. The van der Waals surface area contributed by atoms with Crippen molar-refractivity contribution in [2.45, 2.75) is 66.5 Å². The van der Waals surface area contributed by atoms with Gasteiger partial charge in [-0.3, -0.25) is 0 Å². The number of allylic oxidation sites excluding steroid dienone is 2. The fourth-order valence-electron chi connectivity index (χ4n) is 3.08. The van der Waals surface area contributed by atoms with Crippen LogP contribution in [0, 0.1) is 23.7 Å². The molecule has 1 N–H and O–H groups in total. The molecule has 7 unspecified atom stereocenters.